The van der Waals surface area contributed by atoms with Crippen molar-refractivity contribution in [2.75, 3.05) is 11.4 Å². The average molecular weight is 273 g/mol. The summed E-state index contributed by atoms with van der Waals surface area (Å²) in [4.78, 5) is 7.19. The summed E-state index contributed by atoms with van der Waals surface area (Å²) in [5.74, 6) is 0.983. The number of rotatable bonds is 4. The number of pyridine rings is 1. The number of aromatic nitrogens is 2. The van der Waals surface area contributed by atoms with Crippen LogP contribution in [0.4, 0.5) is 5.82 Å². The maximum Gasteiger partial charge on any atom is 0.153 e. The number of fused-ring (bicyclic) bond motifs is 1. The van der Waals surface area contributed by atoms with Crippen molar-refractivity contribution in [3.05, 3.63) is 30.1 Å². The summed E-state index contributed by atoms with van der Waals surface area (Å²) in [5.41, 5.74) is 1.84. The van der Waals surface area contributed by atoms with Gasteiger partial charge in [-0.05, 0) is 37.8 Å². The van der Waals surface area contributed by atoms with E-state index in [1.54, 1.807) is 0 Å². The van der Waals surface area contributed by atoms with Crippen molar-refractivity contribution in [2.24, 2.45) is 0 Å². The number of aliphatic hydroxyl groups excluding tert-OH is 1. The Morgan fingerprint density at radius 2 is 2.25 bits per heavy atom. The summed E-state index contributed by atoms with van der Waals surface area (Å²) in [5, 5.41) is 9.76. The van der Waals surface area contributed by atoms with E-state index >= 15 is 0 Å². The lowest BCUT2D eigenvalue weighted by atomic mass is 9.98. The standard InChI is InChI=1S/C16H23N3O/c1-2-7-13-8-3-5-10-18(13)16-14(12-20)19-11-6-4-9-15(19)17-16/h4,6,9,11,13,20H,2-3,5,7-8,10,12H2,1H3. The molecule has 20 heavy (non-hydrogen) atoms. The minimum absolute atomic E-state index is 0.0376. The van der Waals surface area contributed by atoms with E-state index in [1.807, 2.05) is 28.8 Å². The maximum absolute atomic E-state index is 9.76. The number of nitrogens with zero attached hydrogens (tertiary/aromatic N) is 3. The highest BCUT2D eigenvalue weighted by Gasteiger charge is 2.26. The summed E-state index contributed by atoms with van der Waals surface area (Å²) in [6.45, 7) is 3.33. The fourth-order valence-corrected chi connectivity index (χ4v) is 3.32. The van der Waals surface area contributed by atoms with Crippen LogP contribution in [0.1, 0.15) is 44.7 Å². The van der Waals surface area contributed by atoms with Crippen molar-refractivity contribution in [2.45, 2.75) is 51.7 Å². The summed E-state index contributed by atoms with van der Waals surface area (Å²) < 4.78 is 2.01. The molecule has 1 aliphatic rings. The van der Waals surface area contributed by atoms with Crippen molar-refractivity contribution >= 4 is 11.5 Å². The quantitative estimate of drug-likeness (QED) is 0.931. The second-order valence-electron chi connectivity index (χ2n) is 5.60. The van der Waals surface area contributed by atoms with Crippen molar-refractivity contribution in [1.82, 2.24) is 9.38 Å². The van der Waals surface area contributed by atoms with E-state index in [4.69, 9.17) is 4.98 Å². The molecule has 1 atom stereocenters. The Hall–Kier alpha value is -1.55. The van der Waals surface area contributed by atoms with Gasteiger partial charge >= 0.3 is 0 Å². The third-order valence-corrected chi connectivity index (χ3v) is 4.28. The van der Waals surface area contributed by atoms with Gasteiger partial charge in [0, 0.05) is 18.8 Å². The first-order valence-corrected chi connectivity index (χ1v) is 7.68. The molecule has 1 N–H and O–H groups in total. The first-order chi connectivity index (χ1) is 9.85. The predicted octanol–water partition coefficient (Wildman–Crippen LogP) is 2.99. The van der Waals surface area contributed by atoms with Gasteiger partial charge in [-0.25, -0.2) is 4.98 Å². The zero-order valence-corrected chi connectivity index (χ0v) is 12.1. The first-order valence-electron chi connectivity index (χ1n) is 7.68. The van der Waals surface area contributed by atoms with Gasteiger partial charge < -0.3 is 10.0 Å². The summed E-state index contributed by atoms with van der Waals surface area (Å²) >= 11 is 0. The zero-order chi connectivity index (χ0) is 13.9. The topological polar surface area (TPSA) is 40.8 Å². The van der Waals surface area contributed by atoms with Crippen LogP contribution in [-0.2, 0) is 6.61 Å². The fourth-order valence-electron chi connectivity index (χ4n) is 3.32. The summed E-state index contributed by atoms with van der Waals surface area (Å²) in [6, 6.07) is 6.55. The number of hydrogen-bond acceptors (Lipinski definition) is 3. The van der Waals surface area contributed by atoms with Crippen LogP contribution in [0.3, 0.4) is 0 Å². The van der Waals surface area contributed by atoms with E-state index in [9.17, 15) is 5.11 Å². The van der Waals surface area contributed by atoms with Gasteiger partial charge in [-0.3, -0.25) is 4.40 Å². The highest BCUT2D eigenvalue weighted by atomic mass is 16.3. The molecule has 0 radical (unpaired) electrons. The summed E-state index contributed by atoms with van der Waals surface area (Å²) in [6.07, 6.45) is 8.16. The van der Waals surface area contributed by atoms with Crippen LogP contribution >= 0.6 is 0 Å². The van der Waals surface area contributed by atoms with E-state index in [2.05, 4.69) is 11.8 Å². The van der Waals surface area contributed by atoms with Crippen molar-refractivity contribution in [3.8, 4) is 0 Å². The molecule has 1 fully saturated rings. The van der Waals surface area contributed by atoms with Gasteiger partial charge in [0.2, 0.25) is 0 Å². The smallest absolute Gasteiger partial charge is 0.153 e. The third-order valence-electron chi connectivity index (χ3n) is 4.28. The van der Waals surface area contributed by atoms with Gasteiger partial charge in [0.25, 0.3) is 0 Å². The molecule has 0 amide bonds. The molecule has 0 aromatic carbocycles. The normalized spacial score (nSPS) is 19.7. The molecular weight excluding hydrogens is 250 g/mol. The number of hydrogen-bond donors (Lipinski definition) is 1. The Labute approximate surface area is 120 Å². The molecular formula is C16H23N3O. The number of anilines is 1. The molecule has 1 saturated heterocycles. The van der Waals surface area contributed by atoms with Gasteiger partial charge in [0.15, 0.2) is 5.82 Å². The first kappa shape index (κ1) is 13.4. The monoisotopic (exact) mass is 273 g/mol. The van der Waals surface area contributed by atoms with Crippen LogP contribution < -0.4 is 4.90 Å². The largest absolute Gasteiger partial charge is 0.390 e. The molecule has 3 heterocycles. The highest BCUT2D eigenvalue weighted by molar-refractivity contribution is 5.56. The molecule has 0 saturated carbocycles. The third kappa shape index (κ3) is 2.29. The second kappa shape index (κ2) is 5.83. The van der Waals surface area contributed by atoms with Crippen molar-refractivity contribution in [3.63, 3.8) is 0 Å². The molecule has 108 valence electrons. The minimum atomic E-state index is 0.0376. The molecule has 1 aliphatic heterocycles. The van der Waals surface area contributed by atoms with Gasteiger partial charge in [-0.2, -0.15) is 0 Å². The molecule has 4 nitrogen and oxygen atoms in total. The Kier molecular flexibility index (Phi) is 3.92. The van der Waals surface area contributed by atoms with Crippen LogP contribution in [0, 0.1) is 0 Å². The lowest BCUT2D eigenvalue weighted by Crippen LogP contribution is -2.40. The highest BCUT2D eigenvalue weighted by Crippen LogP contribution is 2.30. The Balaban J connectivity index is 2.03. The lowest BCUT2D eigenvalue weighted by molar-refractivity contribution is 0.275. The van der Waals surface area contributed by atoms with E-state index in [0.717, 1.165) is 23.7 Å². The van der Waals surface area contributed by atoms with Gasteiger partial charge in [-0.1, -0.05) is 19.4 Å². The Morgan fingerprint density at radius 3 is 3.05 bits per heavy atom. The molecule has 1 unspecified atom stereocenters. The van der Waals surface area contributed by atoms with Crippen molar-refractivity contribution in [1.29, 1.82) is 0 Å². The average Bonchev–Trinajstić information content (AvgIpc) is 2.86. The fraction of sp³-hybridized carbons (Fsp3) is 0.562. The molecule has 3 rings (SSSR count). The molecule has 2 aromatic heterocycles. The van der Waals surface area contributed by atoms with Crippen LogP contribution in [0.25, 0.3) is 5.65 Å². The van der Waals surface area contributed by atoms with Gasteiger partial charge in [-0.15, -0.1) is 0 Å². The zero-order valence-electron chi connectivity index (χ0n) is 12.1. The number of aliphatic hydroxyl groups is 1. The van der Waals surface area contributed by atoms with Gasteiger partial charge in [0.05, 0.1) is 12.3 Å². The minimum Gasteiger partial charge on any atom is -0.390 e. The molecule has 0 aliphatic carbocycles. The predicted molar refractivity (Wildman–Crippen MR) is 81.0 cm³/mol. The number of piperidine rings is 1. The van der Waals surface area contributed by atoms with Crippen LogP contribution in [-0.4, -0.2) is 27.1 Å². The van der Waals surface area contributed by atoms with E-state index in [1.165, 1.54) is 32.1 Å². The van der Waals surface area contributed by atoms with E-state index in [-0.39, 0.29) is 6.61 Å². The van der Waals surface area contributed by atoms with E-state index < -0.39 is 0 Å². The Bertz CT molecular complexity index is 576. The van der Waals surface area contributed by atoms with Gasteiger partial charge in [0.1, 0.15) is 5.65 Å². The molecule has 0 bridgehead atoms. The lowest BCUT2D eigenvalue weighted by Gasteiger charge is -2.36. The summed E-state index contributed by atoms with van der Waals surface area (Å²) in [7, 11) is 0. The van der Waals surface area contributed by atoms with Crippen LogP contribution in [0.15, 0.2) is 24.4 Å². The number of imidazole rings is 1. The van der Waals surface area contributed by atoms with Crippen molar-refractivity contribution < 1.29 is 5.11 Å². The van der Waals surface area contributed by atoms with Crippen LogP contribution in [0.5, 0.6) is 0 Å². The van der Waals surface area contributed by atoms with E-state index in [0.29, 0.717) is 6.04 Å². The molecule has 2 aromatic rings. The maximum atomic E-state index is 9.76. The SMILES string of the molecule is CCCC1CCCCN1c1nc2ccccn2c1CO. The molecule has 0 spiro atoms. The second-order valence-corrected chi connectivity index (χ2v) is 5.60. The Morgan fingerprint density at radius 1 is 1.35 bits per heavy atom. The van der Waals surface area contributed by atoms with Crippen LogP contribution in [0.2, 0.25) is 0 Å². The molecule has 4 heteroatoms.